The van der Waals surface area contributed by atoms with Gasteiger partial charge in [0.15, 0.2) is 6.10 Å². The number of amides is 1. The van der Waals surface area contributed by atoms with Crippen molar-refractivity contribution in [3.8, 4) is 5.75 Å². The van der Waals surface area contributed by atoms with Crippen LogP contribution in [0.15, 0.2) is 24.4 Å². The van der Waals surface area contributed by atoms with Crippen LogP contribution in [0.4, 0.5) is 0 Å². The number of ether oxygens (including phenoxy) is 1. The van der Waals surface area contributed by atoms with Crippen molar-refractivity contribution in [3.63, 3.8) is 0 Å². The van der Waals surface area contributed by atoms with Crippen molar-refractivity contribution >= 4 is 29.1 Å². The average Bonchev–Trinajstić information content (AvgIpc) is 3.00. The van der Waals surface area contributed by atoms with E-state index in [0.717, 1.165) is 12.0 Å². The monoisotopic (exact) mass is 395 g/mol. The molecule has 1 aromatic heterocycles. The molecule has 1 aliphatic rings. The van der Waals surface area contributed by atoms with Gasteiger partial charge < -0.3 is 9.64 Å². The topological polar surface area (TPSA) is 47.4 Å². The predicted molar refractivity (Wildman–Crippen MR) is 103 cm³/mol. The summed E-state index contributed by atoms with van der Waals surface area (Å²) in [6, 6.07) is 4.97. The largest absolute Gasteiger partial charge is 0.479 e. The zero-order valence-electron chi connectivity index (χ0n) is 15.4. The average molecular weight is 396 g/mol. The van der Waals surface area contributed by atoms with Crippen LogP contribution in [0.1, 0.15) is 39.0 Å². The molecule has 0 aliphatic carbocycles. The first-order chi connectivity index (χ1) is 12.2. The van der Waals surface area contributed by atoms with Crippen molar-refractivity contribution in [1.29, 1.82) is 0 Å². The highest BCUT2D eigenvalue weighted by atomic mass is 35.5. The summed E-state index contributed by atoms with van der Waals surface area (Å²) in [6.07, 6.45) is 2.02. The number of benzene rings is 1. The zero-order valence-corrected chi connectivity index (χ0v) is 16.9. The van der Waals surface area contributed by atoms with Gasteiger partial charge in [0, 0.05) is 35.8 Å². The van der Waals surface area contributed by atoms with Crippen molar-refractivity contribution in [3.05, 3.63) is 45.7 Å². The lowest BCUT2D eigenvalue weighted by atomic mass is 10.0. The van der Waals surface area contributed by atoms with Gasteiger partial charge in [-0.1, -0.05) is 23.2 Å². The second kappa shape index (κ2) is 7.12. The molecule has 3 rings (SSSR count). The van der Waals surface area contributed by atoms with Crippen LogP contribution in [0, 0.1) is 0 Å². The number of nitrogens with zero attached hydrogens (tertiary/aromatic N) is 3. The lowest BCUT2D eigenvalue weighted by Crippen LogP contribution is -2.43. The summed E-state index contributed by atoms with van der Waals surface area (Å²) < 4.78 is 7.81. The van der Waals surface area contributed by atoms with E-state index in [4.69, 9.17) is 27.9 Å². The Kier molecular flexibility index (Phi) is 5.22. The molecule has 0 saturated carbocycles. The summed E-state index contributed by atoms with van der Waals surface area (Å²) in [6.45, 7) is 9.32. The second-order valence-electron chi connectivity index (χ2n) is 7.54. The number of hydrogen-bond donors (Lipinski definition) is 0. The summed E-state index contributed by atoms with van der Waals surface area (Å²) in [5.74, 6) is 0.389. The second-order valence-corrected chi connectivity index (χ2v) is 8.39. The Morgan fingerprint density at radius 3 is 2.69 bits per heavy atom. The molecule has 26 heavy (non-hydrogen) atoms. The first-order valence-electron chi connectivity index (χ1n) is 8.63. The van der Waals surface area contributed by atoms with E-state index < -0.39 is 6.10 Å². The molecule has 0 fully saturated rings. The first kappa shape index (κ1) is 19.1. The van der Waals surface area contributed by atoms with Crippen molar-refractivity contribution in [2.24, 2.45) is 0 Å². The summed E-state index contributed by atoms with van der Waals surface area (Å²) in [5.41, 5.74) is 2.23. The Balaban J connectivity index is 1.70. The van der Waals surface area contributed by atoms with Gasteiger partial charge in [-0.25, -0.2) is 0 Å². The van der Waals surface area contributed by atoms with Gasteiger partial charge in [-0.3, -0.25) is 9.48 Å². The van der Waals surface area contributed by atoms with Crippen LogP contribution >= 0.6 is 23.2 Å². The molecule has 1 aromatic carbocycles. The Hall–Kier alpha value is -1.72. The predicted octanol–water partition coefficient (Wildman–Crippen LogP) is 4.30. The van der Waals surface area contributed by atoms with Crippen LogP contribution in [-0.2, 0) is 23.3 Å². The number of carbonyl (C=O) groups is 1. The number of hydrogen-bond acceptors (Lipinski definition) is 3. The molecule has 0 spiro atoms. The van der Waals surface area contributed by atoms with Gasteiger partial charge >= 0.3 is 0 Å². The molecule has 0 bridgehead atoms. The lowest BCUT2D eigenvalue weighted by Gasteiger charge is -2.31. The minimum atomic E-state index is -0.632. The van der Waals surface area contributed by atoms with Crippen LogP contribution in [-0.4, -0.2) is 33.2 Å². The molecule has 1 amide bonds. The Morgan fingerprint density at radius 2 is 2.04 bits per heavy atom. The summed E-state index contributed by atoms with van der Waals surface area (Å²) in [7, 11) is 0. The number of fused-ring (bicyclic) bond motifs is 1. The van der Waals surface area contributed by atoms with Crippen LogP contribution in [0.3, 0.4) is 0 Å². The standard InChI is InChI=1S/C19H23Cl2N3O2/c1-12(26-17-6-5-14(20)9-15(17)21)18(25)23-8-7-16-13(11-23)10-22-24(16)19(2,3)4/h5-6,9-10,12H,7-8,11H2,1-4H3. The zero-order chi connectivity index (χ0) is 19.1. The minimum absolute atomic E-state index is 0.0647. The third kappa shape index (κ3) is 3.84. The number of carbonyl (C=O) groups excluding carboxylic acids is 1. The Morgan fingerprint density at radius 1 is 1.31 bits per heavy atom. The summed E-state index contributed by atoms with van der Waals surface area (Å²) >= 11 is 12.0. The molecule has 1 atom stereocenters. The highest BCUT2D eigenvalue weighted by Crippen LogP contribution is 2.29. The summed E-state index contributed by atoms with van der Waals surface area (Å²) in [4.78, 5) is 14.6. The Bertz CT molecular complexity index is 827. The molecule has 2 heterocycles. The molecule has 140 valence electrons. The summed E-state index contributed by atoms with van der Waals surface area (Å²) in [5, 5.41) is 5.43. The van der Waals surface area contributed by atoms with E-state index in [1.807, 2.05) is 11.1 Å². The fourth-order valence-electron chi connectivity index (χ4n) is 3.17. The molecule has 0 saturated heterocycles. The van der Waals surface area contributed by atoms with Gasteiger partial charge in [-0.2, -0.15) is 5.10 Å². The third-order valence-corrected chi connectivity index (χ3v) is 4.96. The third-order valence-electron chi connectivity index (χ3n) is 4.43. The van der Waals surface area contributed by atoms with Gasteiger partial charge in [-0.05, 0) is 45.9 Å². The molecule has 7 heteroatoms. The van der Waals surface area contributed by atoms with Crippen molar-refractivity contribution in [2.75, 3.05) is 6.54 Å². The maximum absolute atomic E-state index is 12.8. The molecular weight excluding hydrogens is 373 g/mol. The normalized spacial score (nSPS) is 15.5. The molecule has 5 nitrogen and oxygen atoms in total. The fraction of sp³-hybridized carbons (Fsp3) is 0.474. The van der Waals surface area contributed by atoms with Gasteiger partial charge in [0.2, 0.25) is 0 Å². The van der Waals surface area contributed by atoms with E-state index in [1.165, 1.54) is 5.69 Å². The molecule has 0 N–H and O–H groups in total. The van der Waals surface area contributed by atoms with Crippen LogP contribution in [0.2, 0.25) is 10.0 Å². The van der Waals surface area contributed by atoms with E-state index in [9.17, 15) is 4.79 Å². The van der Waals surface area contributed by atoms with Gasteiger partial charge in [0.05, 0.1) is 16.8 Å². The van der Waals surface area contributed by atoms with Gasteiger partial charge in [0.25, 0.3) is 5.91 Å². The van der Waals surface area contributed by atoms with Gasteiger partial charge in [-0.15, -0.1) is 0 Å². The number of rotatable bonds is 3. The van der Waals surface area contributed by atoms with E-state index in [2.05, 4.69) is 30.6 Å². The molecule has 0 radical (unpaired) electrons. The van der Waals surface area contributed by atoms with Crippen molar-refractivity contribution in [1.82, 2.24) is 14.7 Å². The quantitative estimate of drug-likeness (QED) is 0.778. The maximum atomic E-state index is 12.8. The molecule has 1 aliphatic heterocycles. The van der Waals surface area contributed by atoms with Crippen LogP contribution < -0.4 is 4.74 Å². The van der Waals surface area contributed by atoms with Crippen LogP contribution in [0.5, 0.6) is 5.75 Å². The van der Waals surface area contributed by atoms with E-state index >= 15 is 0 Å². The number of halogens is 2. The van der Waals surface area contributed by atoms with Crippen molar-refractivity contribution in [2.45, 2.75) is 52.3 Å². The smallest absolute Gasteiger partial charge is 0.263 e. The highest BCUT2D eigenvalue weighted by Gasteiger charge is 2.30. The van der Waals surface area contributed by atoms with Crippen LogP contribution in [0.25, 0.3) is 0 Å². The molecular formula is C19H23Cl2N3O2. The minimum Gasteiger partial charge on any atom is -0.479 e. The highest BCUT2D eigenvalue weighted by molar-refractivity contribution is 6.35. The first-order valence-corrected chi connectivity index (χ1v) is 9.39. The molecule has 2 aromatic rings. The van der Waals surface area contributed by atoms with E-state index in [0.29, 0.717) is 28.9 Å². The Labute approximate surface area is 163 Å². The van der Waals surface area contributed by atoms with Gasteiger partial charge in [0.1, 0.15) is 5.75 Å². The number of aromatic nitrogens is 2. The fourth-order valence-corrected chi connectivity index (χ4v) is 3.62. The SMILES string of the molecule is CC(Oc1ccc(Cl)cc1Cl)C(=O)N1CCc2c(cnn2C(C)(C)C)C1. The van der Waals surface area contributed by atoms with Crippen molar-refractivity contribution < 1.29 is 9.53 Å². The maximum Gasteiger partial charge on any atom is 0.263 e. The van der Waals surface area contributed by atoms with E-state index in [-0.39, 0.29) is 11.4 Å². The molecule has 1 unspecified atom stereocenters. The lowest BCUT2D eigenvalue weighted by molar-refractivity contribution is -0.138. The van der Waals surface area contributed by atoms with E-state index in [1.54, 1.807) is 25.1 Å².